The summed E-state index contributed by atoms with van der Waals surface area (Å²) in [7, 11) is 0. The van der Waals surface area contributed by atoms with Crippen molar-refractivity contribution in [2.45, 2.75) is 40.5 Å². The molecule has 0 heterocycles. The van der Waals surface area contributed by atoms with E-state index in [0.717, 1.165) is 23.1 Å². The number of aliphatic hydroxyl groups excluding tert-OH is 1. The van der Waals surface area contributed by atoms with E-state index in [9.17, 15) is 4.79 Å². The first kappa shape index (κ1) is 12.3. The molecule has 0 unspecified atom stereocenters. The molecule has 0 atom stereocenters. The average Bonchev–Trinajstić information content (AvgIpc) is 2.44. The predicted octanol–water partition coefficient (Wildman–Crippen LogP) is 2.60. The van der Waals surface area contributed by atoms with Crippen LogP contribution in [0.4, 0.5) is 0 Å². The third-order valence-corrected chi connectivity index (χ3v) is 3.85. The van der Waals surface area contributed by atoms with Crippen LogP contribution >= 0.6 is 0 Å². The molecular formula is C15H20O2. The fourth-order valence-electron chi connectivity index (χ4n) is 2.95. The summed E-state index contributed by atoms with van der Waals surface area (Å²) < 4.78 is 0. The Balaban J connectivity index is 2.62. The molecule has 0 saturated carbocycles. The van der Waals surface area contributed by atoms with Gasteiger partial charge in [0.25, 0.3) is 0 Å². The standard InChI is InChI=1S/C15H20O2/c1-9-7-11-8-15(3,4)14(17)13(11)10(2)12(9)5-6-16/h7,16H,5-6,8H2,1-4H3. The smallest absolute Gasteiger partial charge is 0.169 e. The van der Waals surface area contributed by atoms with Crippen LogP contribution in [0.15, 0.2) is 6.07 Å². The minimum absolute atomic E-state index is 0.137. The second kappa shape index (κ2) is 3.95. The molecule has 2 nitrogen and oxygen atoms in total. The summed E-state index contributed by atoms with van der Waals surface area (Å²) in [6.07, 6.45) is 1.47. The summed E-state index contributed by atoms with van der Waals surface area (Å²) >= 11 is 0. The van der Waals surface area contributed by atoms with Gasteiger partial charge in [-0.2, -0.15) is 0 Å². The minimum Gasteiger partial charge on any atom is -0.396 e. The molecule has 2 rings (SSSR count). The van der Waals surface area contributed by atoms with E-state index < -0.39 is 0 Å². The van der Waals surface area contributed by atoms with Gasteiger partial charge in [0.05, 0.1) is 0 Å². The molecule has 2 heteroatoms. The molecule has 0 bridgehead atoms. The number of carbonyl (C=O) groups is 1. The number of rotatable bonds is 2. The number of hydrogen-bond acceptors (Lipinski definition) is 2. The lowest BCUT2D eigenvalue weighted by Crippen LogP contribution is -2.19. The highest BCUT2D eigenvalue weighted by Gasteiger charge is 2.39. The van der Waals surface area contributed by atoms with E-state index in [-0.39, 0.29) is 17.8 Å². The SMILES string of the molecule is Cc1cc2c(c(C)c1CCO)C(=O)C(C)(C)C2. The second-order valence-electron chi connectivity index (χ2n) is 5.69. The zero-order chi connectivity index (χ0) is 12.8. The summed E-state index contributed by atoms with van der Waals surface area (Å²) in [6, 6.07) is 2.12. The molecule has 1 aromatic carbocycles. The first-order chi connectivity index (χ1) is 7.88. The lowest BCUT2D eigenvalue weighted by Gasteiger charge is -2.14. The number of aryl methyl sites for hydroxylation is 1. The first-order valence-electron chi connectivity index (χ1n) is 6.16. The van der Waals surface area contributed by atoms with Crippen molar-refractivity contribution < 1.29 is 9.90 Å². The van der Waals surface area contributed by atoms with Crippen LogP contribution in [0.5, 0.6) is 0 Å². The van der Waals surface area contributed by atoms with Crippen molar-refractivity contribution in [3.05, 3.63) is 33.9 Å². The average molecular weight is 232 g/mol. The van der Waals surface area contributed by atoms with E-state index >= 15 is 0 Å². The molecular weight excluding hydrogens is 212 g/mol. The van der Waals surface area contributed by atoms with E-state index in [1.165, 1.54) is 11.1 Å². The van der Waals surface area contributed by atoms with Crippen molar-refractivity contribution in [2.75, 3.05) is 6.61 Å². The van der Waals surface area contributed by atoms with Crippen LogP contribution in [0.3, 0.4) is 0 Å². The summed E-state index contributed by atoms with van der Waals surface area (Å²) in [5.41, 5.74) is 5.22. The zero-order valence-corrected chi connectivity index (χ0v) is 11.1. The van der Waals surface area contributed by atoms with Crippen molar-refractivity contribution in [1.82, 2.24) is 0 Å². The van der Waals surface area contributed by atoms with Crippen LogP contribution in [0.2, 0.25) is 0 Å². The summed E-state index contributed by atoms with van der Waals surface area (Å²) in [4.78, 5) is 12.3. The fourth-order valence-corrected chi connectivity index (χ4v) is 2.95. The molecule has 0 fully saturated rings. The Morgan fingerprint density at radius 3 is 2.59 bits per heavy atom. The molecule has 1 aliphatic carbocycles. The van der Waals surface area contributed by atoms with Crippen LogP contribution < -0.4 is 0 Å². The predicted molar refractivity (Wildman–Crippen MR) is 68.5 cm³/mol. The van der Waals surface area contributed by atoms with E-state index in [0.29, 0.717) is 6.42 Å². The molecule has 0 amide bonds. The molecule has 0 aliphatic heterocycles. The molecule has 0 radical (unpaired) electrons. The Morgan fingerprint density at radius 1 is 1.35 bits per heavy atom. The maximum Gasteiger partial charge on any atom is 0.169 e. The van der Waals surface area contributed by atoms with Crippen LogP contribution in [0, 0.1) is 19.3 Å². The zero-order valence-electron chi connectivity index (χ0n) is 11.1. The van der Waals surface area contributed by atoms with Crippen molar-refractivity contribution in [1.29, 1.82) is 0 Å². The largest absolute Gasteiger partial charge is 0.396 e. The van der Waals surface area contributed by atoms with Gasteiger partial charge in [0.1, 0.15) is 0 Å². The van der Waals surface area contributed by atoms with E-state index in [2.05, 4.69) is 13.0 Å². The number of fused-ring (bicyclic) bond motifs is 1. The van der Waals surface area contributed by atoms with Crippen molar-refractivity contribution in [2.24, 2.45) is 5.41 Å². The Bertz CT molecular complexity index is 484. The van der Waals surface area contributed by atoms with Crippen molar-refractivity contribution in [3.8, 4) is 0 Å². The van der Waals surface area contributed by atoms with Crippen LogP contribution in [0.1, 0.15) is 46.5 Å². The third kappa shape index (κ3) is 1.81. The van der Waals surface area contributed by atoms with Crippen LogP contribution in [-0.4, -0.2) is 17.5 Å². The molecule has 0 spiro atoms. The van der Waals surface area contributed by atoms with Gasteiger partial charge in [-0.3, -0.25) is 4.79 Å². The first-order valence-corrected chi connectivity index (χ1v) is 6.16. The Morgan fingerprint density at radius 2 is 2.00 bits per heavy atom. The number of carbonyl (C=O) groups excluding carboxylic acids is 1. The summed E-state index contributed by atoms with van der Waals surface area (Å²) in [5, 5.41) is 9.10. The highest BCUT2D eigenvalue weighted by molar-refractivity contribution is 6.06. The van der Waals surface area contributed by atoms with Gasteiger partial charge >= 0.3 is 0 Å². The second-order valence-corrected chi connectivity index (χ2v) is 5.69. The topological polar surface area (TPSA) is 37.3 Å². The Hall–Kier alpha value is -1.15. The molecule has 1 aliphatic rings. The van der Waals surface area contributed by atoms with Crippen LogP contribution in [-0.2, 0) is 12.8 Å². The van der Waals surface area contributed by atoms with Gasteiger partial charge in [-0.25, -0.2) is 0 Å². The highest BCUT2D eigenvalue weighted by Crippen LogP contribution is 2.39. The summed E-state index contributed by atoms with van der Waals surface area (Å²) in [6.45, 7) is 8.23. The van der Waals surface area contributed by atoms with Gasteiger partial charge in [0, 0.05) is 17.6 Å². The normalized spacial score (nSPS) is 17.4. The third-order valence-electron chi connectivity index (χ3n) is 3.85. The van der Waals surface area contributed by atoms with Crippen LogP contribution in [0.25, 0.3) is 0 Å². The maximum atomic E-state index is 12.3. The summed E-state index contributed by atoms with van der Waals surface area (Å²) in [5.74, 6) is 0.254. The number of benzene rings is 1. The Kier molecular flexibility index (Phi) is 2.86. The molecule has 92 valence electrons. The van der Waals surface area contributed by atoms with Gasteiger partial charge in [-0.05, 0) is 48.9 Å². The maximum absolute atomic E-state index is 12.3. The lowest BCUT2D eigenvalue weighted by molar-refractivity contribution is 0.0863. The number of hydrogen-bond donors (Lipinski definition) is 1. The molecule has 0 saturated heterocycles. The quantitative estimate of drug-likeness (QED) is 0.851. The van der Waals surface area contributed by atoms with Gasteiger partial charge in [-0.1, -0.05) is 19.9 Å². The van der Waals surface area contributed by atoms with Crippen molar-refractivity contribution >= 4 is 5.78 Å². The number of Topliss-reactive ketones (excluding diaryl/α,β-unsaturated/α-hetero) is 1. The fraction of sp³-hybridized carbons (Fsp3) is 0.533. The number of aliphatic hydroxyl groups is 1. The molecule has 1 aromatic rings. The minimum atomic E-state index is -0.266. The van der Waals surface area contributed by atoms with Gasteiger partial charge < -0.3 is 5.11 Å². The number of ketones is 1. The van der Waals surface area contributed by atoms with Crippen molar-refractivity contribution in [3.63, 3.8) is 0 Å². The van der Waals surface area contributed by atoms with Gasteiger partial charge in [0.2, 0.25) is 0 Å². The monoisotopic (exact) mass is 232 g/mol. The van der Waals surface area contributed by atoms with E-state index in [1.807, 2.05) is 20.8 Å². The Labute approximate surface area is 103 Å². The van der Waals surface area contributed by atoms with Gasteiger partial charge in [-0.15, -0.1) is 0 Å². The lowest BCUT2D eigenvalue weighted by atomic mass is 9.88. The highest BCUT2D eigenvalue weighted by atomic mass is 16.3. The molecule has 0 aromatic heterocycles. The van der Waals surface area contributed by atoms with Gasteiger partial charge in [0.15, 0.2) is 5.78 Å². The molecule has 1 N–H and O–H groups in total. The molecule has 17 heavy (non-hydrogen) atoms. The van der Waals surface area contributed by atoms with E-state index in [1.54, 1.807) is 0 Å². The van der Waals surface area contributed by atoms with E-state index in [4.69, 9.17) is 5.11 Å².